The maximum Gasteiger partial charge on any atom is 0.407 e. The number of ether oxygens (including phenoxy) is 3. The van der Waals surface area contributed by atoms with Crippen LogP contribution < -0.4 is 15.0 Å². The molecule has 11 heteroatoms. The molecular formula is C26H36N4O6S. The Morgan fingerprint density at radius 1 is 1.24 bits per heavy atom. The zero-order valence-corrected chi connectivity index (χ0v) is 22.9. The number of nitrogens with zero attached hydrogens (tertiary/aromatic N) is 3. The van der Waals surface area contributed by atoms with Gasteiger partial charge in [-0.25, -0.2) is 23.2 Å². The summed E-state index contributed by atoms with van der Waals surface area (Å²) in [6, 6.07) is 5.22. The average Bonchev–Trinajstić information content (AvgIpc) is 3.26. The van der Waals surface area contributed by atoms with Crippen LogP contribution in [0, 0.1) is 18.8 Å². The lowest BCUT2D eigenvalue weighted by Gasteiger charge is -2.37. The molecule has 0 saturated carbocycles. The van der Waals surface area contributed by atoms with E-state index in [1.807, 2.05) is 13.0 Å². The van der Waals surface area contributed by atoms with Crippen molar-refractivity contribution >= 4 is 27.4 Å². The second-order valence-corrected chi connectivity index (χ2v) is 12.0. The smallest absolute Gasteiger partial charge is 0.407 e. The van der Waals surface area contributed by atoms with Crippen LogP contribution >= 0.6 is 0 Å². The van der Waals surface area contributed by atoms with Gasteiger partial charge in [0.05, 0.1) is 29.8 Å². The molecule has 0 bridgehead atoms. The Bertz CT molecular complexity index is 1240. The third kappa shape index (κ3) is 6.15. The number of amides is 1. The summed E-state index contributed by atoms with van der Waals surface area (Å²) in [5, 5.41) is 2.84. The number of hydrogen-bond acceptors (Lipinski definition) is 9. The number of hydrogen-bond donors (Lipinski definition) is 1. The summed E-state index contributed by atoms with van der Waals surface area (Å²) in [5.74, 6) is 1.29. The number of rotatable bonds is 8. The molecule has 10 nitrogen and oxygen atoms in total. The molecule has 0 aliphatic carbocycles. The molecule has 1 aromatic carbocycles. The second-order valence-electron chi connectivity index (χ2n) is 9.98. The monoisotopic (exact) mass is 532 g/mol. The molecule has 3 heterocycles. The van der Waals surface area contributed by atoms with E-state index in [1.54, 1.807) is 26.0 Å². The van der Waals surface area contributed by atoms with Crippen LogP contribution in [0.5, 0.6) is 5.88 Å². The summed E-state index contributed by atoms with van der Waals surface area (Å²) in [7, 11) is -3.28. The lowest BCUT2D eigenvalue weighted by atomic mass is 9.87. The maximum atomic E-state index is 12.1. The minimum Gasteiger partial charge on any atom is -0.473 e. The van der Waals surface area contributed by atoms with Gasteiger partial charge in [0.25, 0.3) is 0 Å². The lowest BCUT2D eigenvalue weighted by Crippen LogP contribution is -2.49. The SMILES string of the molecule is CCC1COCC(CNC(=O)OC(C)C)C1Oc1ncnc(N2CCc3cc(S(C)(=O)=O)ccc32)c1C. The molecular weight excluding hydrogens is 496 g/mol. The van der Waals surface area contributed by atoms with Crippen LogP contribution in [0.1, 0.15) is 38.3 Å². The molecule has 37 heavy (non-hydrogen) atoms. The molecule has 0 radical (unpaired) electrons. The van der Waals surface area contributed by atoms with Crippen LogP contribution in [0.4, 0.5) is 16.3 Å². The molecule has 4 rings (SSSR count). The zero-order valence-electron chi connectivity index (χ0n) is 22.1. The van der Waals surface area contributed by atoms with Gasteiger partial charge in [0.15, 0.2) is 9.84 Å². The Hall–Kier alpha value is -2.92. The van der Waals surface area contributed by atoms with E-state index in [-0.39, 0.29) is 24.0 Å². The van der Waals surface area contributed by atoms with E-state index in [4.69, 9.17) is 14.2 Å². The second kappa shape index (κ2) is 11.2. The van der Waals surface area contributed by atoms with Crippen molar-refractivity contribution in [3.8, 4) is 5.88 Å². The number of sulfone groups is 1. The summed E-state index contributed by atoms with van der Waals surface area (Å²) in [4.78, 5) is 23.5. The number of fused-ring (bicyclic) bond motifs is 1. The van der Waals surface area contributed by atoms with Gasteiger partial charge in [-0.2, -0.15) is 0 Å². The van der Waals surface area contributed by atoms with Gasteiger partial charge in [-0.05, 0) is 57.4 Å². The number of nitrogens with one attached hydrogen (secondary N) is 1. The van der Waals surface area contributed by atoms with Gasteiger partial charge in [-0.15, -0.1) is 0 Å². The van der Waals surface area contributed by atoms with E-state index in [1.165, 1.54) is 12.6 Å². The number of carbonyl (C=O) groups excluding carboxylic acids is 1. The summed E-state index contributed by atoms with van der Waals surface area (Å²) >= 11 is 0. The molecule has 2 aliphatic rings. The van der Waals surface area contributed by atoms with Gasteiger partial charge >= 0.3 is 6.09 Å². The third-order valence-corrected chi connectivity index (χ3v) is 7.97. The summed E-state index contributed by atoms with van der Waals surface area (Å²) in [6.07, 6.45) is 3.42. The van der Waals surface area contributed by atoms with Crippen LogP contribution in [-0.4, -0.2) is 69.2 Å². The molecule has 1 N–H and O–H groups in total. The number of anilines is 2. The molecule has 2 aromatic rings. The van der Waals surface area contributed by atoms with Crippen molar-refractivity contribution in [2.24, 2.45) is 11.8 Å². The predicted octanol–water partition coefficient (Wildman–Crippen LogP) is 3.44. The standard InChI is InChI=1S/C26H36N4O6S/c1-6-18-13-34-14-20(12-27-26(31)35-16(2)3)23(18)36-25-17(4)24(28-15-29-25)30-10-9-19-11-21(37(5,32)33)7-8-22(19)30/h7-8,11,15-16,18,20,23H,6,9-10,12-14H2,1-5H3,(H,27,31). The van der Waals surface area contributed by atoms with Crippen molar-refractivity contribution in [3.05, 3.63) is 35.7 Å². The first-order valence-electron chi connectivity index (χ1n) is 12.7. The van der Waals surface area contributed by atoms with Gasteiger partial charge in [0, 0.05) is 36.9 Å². The highest BCUT2D eigenvalue weighted by Gasteiger charge is 2.36. The molecule has 1 aromatic heterocycles. The van der Waals surface area contributed by atoms with Crippen molar-refractivity contribution in [2.75, 3.05) is 37.5 Å². The first kappa shape index (κ1) is 27.1. The topological polar surface area (TPSA) is 120 Å². The summed E-state index contributed by atoms with van der Waals surface area (Å²) in [6.45, 7) is 9.72. The number of carbonyl (C=O) groups is 1. The third-order valence-electron chi connectivity index (χ3n) is 6.86. The van der Waals surface area contributed by atoms with E-state index in [0.717, 1.165) is 35.5 Å². The summed E-state index contributed by atoms with van der Waals surface area (Å²) < 4.78 is 41.5. The molecule has 3 unspecified atom stereocenters. The van der Waals surface area contributed by atoms with Gasteiger partial charge in [-0.1, -0.05) is 6.92 Å². The van der Waals surface area contributed by atoms with Crippen LogP contribution in [0.25, 0.3) is 0 Å². The van der Waals surface area contributed by atoms with Crippen molar-refractivity contribution in [1.82, 2.24) is 15.3 Å². The molecule has 1 saturated heterocycles. The van der Waals surface area contributed by atoms with Crippen molar-refractivity contribution in [3.63, 3.8) is 0 Å². The fourth-order valence-corrected chi connectivity index (χ4v) is 5.58. The van der Waals surface area contributed by atoms with E-state index >= 15 is 0 Å². The molecule has 3 atom stereocenters. The Morgan fingerprint density at radius 2 is 2.00 bits per heavy atom. The first-order chi connectivity index (χ1) is 17.6. The number of aromatic nitrogens is 2. The number of alkyl carbamates (subject to hydrolysis) is 1. The molecule has 202 valence electrons. The maximum absolute atomic E-state index is 12.1. The van der Waals surface area contributed by atoms with Gasteiger partial charge in [-0.3, -0.25) is 0 Å². The highest BCUT2D eigenvalue weighted by Crippen LogP contribution is 2.38. The van der Waals surface area contributed by atoms with Gasteiger partial charge in [0.2, 0.25) is 5.88 Å². The molecule has 1 fully saturated rings. The van der Waals surface area contributed by atoms with Gasteiger partial charge in [0.1, 0.15) is 18.2 Å². The van der Waals surface area contributed by atoms with Crippen LogP contribution in [0.2, 0.25) is 0 Å². The van der Waals surface area contributed by atoms with Crippen molar-refractivity contribution < 1.29 is 27.4 Å². The average molecular weight is 533 g/mol. The van der Waals surface area contributed by atoms with E-state index < -0.39 is 15.9 Å². The van der Waals surface area contributed by atoms with Gasteiger partial charge < -0.3 is 24.4 Å². The molecule has 1 amide bonds. The van der Waals surface area contributed by atoms with E-state index in [0.29, 0.717) is 37.1 Å². The van der Waals surface area contributed by atoms with E-state index in [9.17, 15) is 13.2 Å². The lowest BCUT2D eigenvalue weighted by molar-refractivity contribution is -0.0691. The largest absolute Gasteiger partial charge is 0.473 e. The first-order valence-corrected chi connectivity index (χ1v) is 14.6. The highest BCUT2D eigenvalue weighted by atomic mass is 32.2. The Morgan fingerprint density at radius 3 is 2.70 bits per heavy atom. The van der Waals surface area contributed by atoms with Crippen LogP contribution in [0.15, 0.2) is 29.4 Å². The minimum atomic E-state index is -3.28. The fourth-order valence-electron chi connectivity index (χ4n) is 4.91. The quantitative estimate of drug-likeness (QED) is 0.545. The van der Waals surface area contributed by atoms with Crippen molar-refractivity contribution in [2.45, 2.75) is 57.6 Å². The predicted molar refractivity (Wildman–Crippen MR) is 139 cm³/mol. The fraction of sp³-hybridized carbons (Fsp3) is 0.577. The van der Waals surface area contributed by atoms with Crippen molar-refractivity contribution in [1.29, 1.82) is 0 Å². The molecule has 2 aliphatic heterocycles. The molecule has 0 spiro atoms. The minimum absolute atomic E-state index is 0.0712. The number of benzene rings is 1. The highest BCUT2D eigenvalue weighted by molar-refractivity contribution is 7.90. The zero-order chi connectivity index (χ0) is 26.7. The Labute approximate surface area is 218 Å². The normalized spacial score (nSPS) is 21.6. The Kier molecular flexibility index (Phi) is 8.23. The Balaban J connectivity index is 1.56. The summed E-state index contributed by atoms with van der Waals surface area (Å²) in [5.41, 5.74) is 2.71. The van der Waals surface area contributed by atoms with E-state index in [2.05, 4.69) is 27.1 Å². The van der Waals surface area contributed by atoms with Crippen LogP contribution in [0.3, 0.4) is 0 Å². The van der Waals surface area contributed by atoms with Crippen LogP contribution in [-0.2, 0) is 25.7 Å².